The minimum Gasteiger partial charge on any atom is -0.494 e. The van der Waals surface area contributed by atoms with Crippen LogP contribution in [0.3, 0.4) is 0 Å². The number of hydrogen-bond donors (Lipinski definition) is 0. The summed E-state index contributed by atoms with van der Waals surface area (Å²) in [5.41, 5.74) is 2.70. The summed E-state index contributed by atoms with van der Waals surface area (Å²) in [4.78, 5) is 4.46. The Morgan fingerprint density at radius 3 is 2.55 bits per heavy atom. The topological polar surface area (TPSA) is 73.9 Å². The Labute approximate surface area is 180 Å². The third-order valence-corrected chi connectivity index (χ3v) is 5.62. The van der Waals surface area contributed by atoms with Gasteiger partial charge < -0.3 is 9.26 Å². The van der Waals surface area contributed by atoms with E-state index in [0.717, 1.165) is 32.1 Å². The molecule has 0 N–H and O–H groups in total. The van der Waals surface area contributed by atoms with Crippen molar-refractivity contribution in [2.45, 2.75) is 17.7 Å². The van der Waals surface area contributed by atoms with E-state index in [4.69, 9.17) is 9.26 Å². The van der Waals surface area contributed by atoms with Crippen LogP contribution in [-0.4, -0.2) is 26.9 Å². The molecule has 0 saturated heterocycles. The molecule has 0 unspecified atom stereocenters. The van der Waals surface area contributed by atoms with Gasteiger partial charge in [0.25, 0.3) is 0 Å². The average molecular weight is 469 g/mol. The first-order chi connectivity index (χ1) is 14.2. The van der Waals surface area contributed by atoms with Crippen molar-refractivity contribution >= 4 is 27.7 Å². The number of rotatable bonds is 7. The number of aromatic nitrogens is 4. The lowest BCUT2D eigenvalue weighted by molar-refractivity contribution is 0.340. The van der Waals surface area contributed by atoms with Gasteiger partial charge in [-0.25, -0.2) is 0 Å². The van der Waals surface area contributed by atoms with Gasteiger partial charge in [0.1, 0.15) is 10.8 Å². The fraction of sp³-hybridized carbons (Fsp3) is 0.143. The summed E-state index contributed by atoms with van der Waals surface area (Å²) in [7, 11) is 0. The highest BCUT2D eigenvalue weighted by Crippen LogP contribution is 2.27. The van der Waals surface area contributed by atoms with Crippen molar-refractivity contribution in [3.05, 3.63) is 71.0 Å². The molecule has 2 aromatic carbocycles. The fourth-order valence-electron chi connectivity index (χ4n) is 2.64. The average Bonchev–Trinajstić information content (AvgIpc) is 3.23. The van der Waals surface area contributed by atoms with E-state index in [-0.39, 0.29) is 0 Å². The Balaban J connectivity index is 1.39. The molecule has 0 aliphatic rings. The summed E-state index contributed by atoms with van der Waals surface area (Å²) in [6.07, 6.45) is 0. The van der Waals surface area contributed by atoms with Crippen molar-refractivity contribution < 1.29 is 9.26 Å². The van der Waals surface area contributed by atoms with E-state index in [2.05, 4.69) is 36.3 Å². The van der Waals surface area contributed by atoms with Gasteiger partial charge in [-0.2, -0.15) is 4.98 Å². The number of hydrogen-bond acceptors (Lipinski definition) is 7. The van der Waals surface area contributed by atoms with Crippen LogP contribution in [0.5, 0.6) is 5.75 Å². The summed E-state index contributed by atoms with van der Waals surface area (Å²) >= 11 is 5.00. The molecule has 0 spiro atoms. The predicted molar refractivity (Wildman–Crippen MR) is 116 cm³/mol. The van der Waals surface area contributed by atoms with Crippen LogP contribution < -0.4 is 4.74 Å². The van der Waals surface area contributed by atoms with Crippen molar-refractivity contribution in [1.29, 1.82) is 0 Å². The maximum absolute atomic E-state index is 5.46. The van der Waals surface area contributed by atoms with E-state index in [0.29, 0.717) is 24.1 Å². The zero-order valence-corrected chi connectivity index (χ0v) is 18.0. The maximum Gasteiger partial charge on any atom is 0.237 e. The molecule has 0 amide bonds. The first-order valence-electron chi connectivity index (χ1n) is 9.00. The van der Waals surface area contributed by atoms with Gasteiger partial charge in [-0.1, -0.05) is 45.0 Å². The van der Waals surface area contributed by atoms with E-state index in [1.54, 1.807) is 0 Å². The van der Waals surface area contributed by atoms with Crippen molar-refractivity contribution in [3.63, 3.8) is 0 Å². The van der Waals surface area contributed by atoms with Gasteiger partial charge in [0.15, 0.2) is 0 Å². The highest BCUT2D eigenvalue weighted by Gasteiger charge is 2.12. The van der Waals surface area contributed by atoms with Gasteiger partial charge in [0.05, 0.1) is 18.1 Å². The molecule has 29 heavy (non-hydrogen) atoms. The Morgan fingerprint density at radius 1 is 1.00 bits per heavy atom. The van der Waals surface area contributed by atoms with Crippen LogP contribution in [-0.2, 0) is 5.75 Å². The Hall–Kier alpha value is -2.71. The molecule has 6 nitrogen and oxygen atoms in total. The van der Waals surface area contributed by atoms with E-state index in [1.807, 2.05) is 67.6 Å². The first-order valence-corrected chi connectivity index (χ1v) is 10.8. The summed E-state index contributed by atoms with van der Waals surface area (Å²) in [6, 6.07) is 19.5. The minimum atomic E-state index is 0.522. The van der Waals surface area contributed by atoms with Crippen molar-refractivity contribution in [2.75, 3.05) is 6.61 Å². The largest absolute Gasteiger partial charge is 0.494 e. The van der Waals surface area contributed by atoms with Crippen LogP contribution in [0, 0.1) is 0 Å². The van der Waals surface area contributed by atoms with Gasteiger partial charge >= 0.3 is 0 Å². The molecule has 0 aliphatic heterocycles. The monoisotopic (exact) mass is 468 g/mol. The second kappa shape index (κ2) is 9.19. The van der Waals surface area contributed by atoms with E-state index in [9.17, 15) is 0 Å². The number of halogens is 1. The second-order valence-corrected chi connectivity index (χ2v) is 7.84. The van der Waals surface area contributed by atoms with Gasteiger partial charge in [-0.05, 0) is 55.5 Å². The standard InChI is InChI=1S/C21H17BrN4O2S/c1-2-27-15-9-7-14(8-10-15)18-11-12-20(25-24-18)29-13-19-23-21(26-28-19)16-5-3-4-6-17(16)22/h3-12H,2,13H2,1H3. The molecular weight excluding hydrogens is 452 g/mol. The molecule has 0 bridgehead atoms. The third-order valence-electron chi connectivity index (χ3n) is 4.03. The molecule has 0 aliphatic carbocycles. The molecule has 0 radical (unpaired) electrons. The van der Waals surface area contributed by atoms with Crippen LogP contribution in [0.1, 0.15) is 12.8 Å². The van der Waals surface area contributed by atoms with Gasteiger partial charge in [-0.3, -0.25) is 0 Å². The molecule has 2 heterocycles. The minimum absolute atomic E-state index is 0.522. The summed E-state index contributed by atoms with van der Waals surface area (Å²) in [6.45, 7) is 2.61. The lowest BCUT2D eigenvalue weighted by atomic mass is 10.1. The van der Waals surface area contributed by atoms with Crippen LogP contribution in [0.15, 0.2) is 74.7 Å². The zero-order valence-electron chi connectivity index (χ0n) is 15.6. The number of ether oxygens (including phenoxy) is 1. The molecule has 146 valence electrons. The van der Waals surface area contributed by atoms with Crippen LogP contribution in [0.4, 0.5) is 0 Å². The molecule has 8 heteroatoms. The van der Waals surface area contributed by atoms with E-state index < -0.39 is 0 Å². The third kappa shape index (κ3) is 4.83. The summed E-state index contributed by atoms with van der Waals surface area (Å²) in [5.74, 6) is 2.47. The van der Waals surface area contributed by atoms with E-state index in [1.165, 1.54) is 11.8 Å². The van der Waals surface area contributed by atoms with Crippen molar-refractivity contribution in [2.24, 2.45) is 0 Å². The maximum atomic E-state index is 5.46. The van der Waals surface area contributed by atoms with Crippen LogP contribution >= 0.6 is 27.7 Å². The normalized spacial score (nSPS) is 10.8. The lowest BCUT2D eigenvalue weighted by Crippen LogP contribution is -1.92. The molecule has 4 aromatic rings. The Kier molecular flexibility index (Phi) is 6.21. The molecule has 0 fully saturated rings. The molecule has 2 aromatic heterocycles. The smallest absolute Gasteiger partial charge is 0.237 e. The van der Waals surface area contributed by atoms with Gasteiger partial charge in [0, 0.05) is 15.6 Å². The lowest BCUT2D eigenvalue weighted by Gasteiger charge is -2.04. The van der Waals surface area contributed by atoms with Crippen molar-refractivity contribution in [3.8, 4) is 28.4 Å². The molecular formula is C21H17BrN4O2S. The quantitative estimate of drug-likeness (QED) is 0.324. The van der Waals surface area contributed by atoms with Crippen LogP contribution in [0.2, 0.25) is 0 Å². The number of thioether (sulfide) groups is 1. The highest BCUT2D eigenvalue weighted by atomic mass is 79.9. The second-order valence-electron chi connectivity index (χ2n) is 5.99. The SMILES string of the molecule is CCOc1ccc(-c2ccc(SCc3nc(-c4ccccc4Br)no3)nn2)cc1. The molecule has 0 atom stereocenters. The van der Waals surface area contributed by atoms with E-state index >= 15 is 0 Å². The predicted octanol–water partition coefficient (Wildman–Crippen LogP) is 5.65. The summed E-state index contributed by atoms with van der Waals surface area (Å²) < 4.78 is 11.7. The Morgan fingerprint density at radius 2 is 1.83 bits per heavy atom. The van der Waals surface area contributed by atoms with Gasteiger partial charge in [-0.15, -0.1) is 10.2 Å². The highest BCUT2D eigenvalue weighted by molar-refractivity contribution is 9.10. The number of nitrogens with zero attached hydrogens (tertiary/aromatic N) is 4. The van der Waals surface area contributed by atoms with Crippen molar-refractivity contribution in [1.82, 2.24) is 20.3 Å². The molecule has 4 rings (SSSR count). The summed E-state index contributed by atoms with van der Waals surface area (Å²) in [5, 5.41) is 13.5. The fourth-order valence-corrected chi connectivity index (χ4v) is 3.75. The Bertz CT molecular complexity index is 1080. The number of benzene rings is 2. The zero-order chi connectivity index (χ0) is 20.1. The molecule has 0 saturated carbocycles. The van der Waals surface area contributed by atoms with Crippen LogP contribution in [0.25, 0.3) is 22.6 Å². The first kappa shape index (κ1) is 19.6. The van der Waals surface area contributed by atoms with Gasteiger partial charge in [0.2, 0.25) is 11.7 Å².